The zero-order valence-electron chi connectivity index (χ0n) is 9.53. The fourth-order valence-corrected chi connectivity index (χ4v) is 1.10. The number of nitrogens with one attached hydrogen (secondary N) is 1. The molecule has 0 radical (unpaired) electrons. The van der Waals surface area contributed by atoms with Crippen LogP contribution in [0.5, 0.6) is 0 Å². The third kappa shape index (κ3) is 3.74. The molecule has 0 unspecified atom stereocenters. The summed E-state index contributed by atoms with van der Waals surface area (Å²) in [6.07, 6.45) is 0. The normalized spacial score (nSPS) is 11.2. The van der Waals surface area contributed by atoms with Crippen LogP contribution in [-0.4, -0.2) is 23.3 Å². The highest BCUT2D eigenvalue weighted by Crippen LogP contribution is 2.17. The predicted molar refractivity (Wildman–Crippen MR) is 62.2 cm³/mol. The number of carbonyl (C=O) groups is 1. The van der Waals surface area contributed by atoms with Crippen molar-refractivity contribution >= 4 is 23.4 Å². The Balaban J connectivity index is 2.61. The summed E-state index contributed by atoms with van der Waals surface area (Å²) in [6, 6.07) is 2.41. The lowest BCUT2D eigenvalue weighted by Crippen LogP contribution is -2.34. The number of amides is 1. The minimum Gasteiger partial charge on any atom is -0.395 e. The van der Waals surface area contributed by atoms with Crippen LogP contribution in [0, 0.1) is 15.5 Å². The summed E-state index contributed by atoms with van der Waals surface area (Å²) < 4.78 is 4.76. The largest absolute Gasteiger partial charge is 0.433 e. The molecule has 1 heterocycles. The Morgan fingerprint density at radius 3 is 2.71 bits per heavy atom. The Hall–Kier alpha value is -1.56. The van der Waals surface area contributed by atoms with Crippen molar-refractivity contribution in [1.82, 2.24) is 5.32 Å². The van der Waals surface area contributed by atoms with Gasteiger partial charge in [-0.3, -0.25) is 14.9 Å². The lowest BCUT2D eigenvalue weighted by Gasteiger charge is -2.21. The Morgan fingerprint density at radius 2 is 2.24 bits per heavy atom. The van der Waals surface area contributed by atoms with Crippen LogP contribution in [-0.2, 0) is 0 Å². The molecular formula is C10H13ClN2O4. The van der Waals surface area contributed by atoms with E-state index in [1.165, 1.54) is 6.07 Å². The summed E-state index contributed by atoms with van der Waals surface area (Å²) in [6.45, 7) is 4.15. The SMILES string of the molecule is CC(C)(CCl)CNC(=O)c1ccc([N+](=O)[O-])o1. The number of nitro groups is 1. The number of nitrogens with zero attached hydrogens (tertiary/aromatic N) is 1. The molecule has 0 bridgehead atoms. The molecule has 0 aliphatic carbocycles. The summed E-state index contributed by atoms with van der Waals surface area (Å²) >= 11 is 5.70. The fraction of sp³-hybridized carbons (Fsp3) is 0.500. The Morgan fingerprint density at radius 1 is 1.59 bits per heavy atom. The first kappa shape index (κ1) is 13.5. The molecule has 1 N–H and O–H groups in total. The van der Waals surface area contributed by atoms with Gasteiger partial charge >= 0.3 is 5.88 Å². The number of hydrogen-bond acceptors (Lipinski definition) is 4. The minimum absolute atomic E-state index is 0.0814. The molecule has 1 rings (SSSR count). The average molecular weight is 261 g/mol. The summed E-state index contributed by atoms with van der Waals surface area (Å²) in [5, 5.41) is 13.0. The van der Waals surface area contributed by atoms with Crippen LogP contribution in [0.4, 0.5) is 5.88 Å². The van der Waals surface area contributed by atoms with Crippen molar-refractivity contribution in [3.05, 3.63) is 28.0 Å². The minimum atomic E-state index is -0.695. The zero-order valence-corrected chi connectivity index (χ0v) is 10.3. The molecule has 0 fully saturated rings. The van der Waals surface area contributed by atoms with Gasteiger partial charge in [0.05, 0.1) is 6.07 Å². The van der Waals surface area contributed by atoms with Crippen LogP contribution in [0.1, 0.15) is 24.4 Å². The van der Waals surface area contributed by atoms with Crippen LogP contribution < -0.4 is 5.32 Å². The highest BCUT2D eigenvalue weighted by Gasteiger charge is 2.21. The zero-order chi connectivity index (χ0) is 13.1. The number of alkyl halides is 1. The van der Waals surface area contributed by atoms with Crippen LogP contribution >= 0.6 is 11.6 Å². The molecule has 7 heteroatoms. The van der Waals surface area contributed by atoms with Gasteiger partial charge in [-0.1, -0.05) is 13.8 Å². The molecule has 0 spiro atoms. The molecule has 17 heavy (non-hydrogen) atoms. The van der Waals surface area contributed by atoms with E-state index in [0.29, 0.717) is 12.4 Å². The van der Waals surface area contributed by atoms with E-state index in [1.807, 2.05) is 13.8 Å². The molecule has 0 atom stereocenters. The van der Waals surface area contributed by atoms with Crippen molar-refractivity contribution in [2.24, 2.45) is 5.41 Å². The van der Waals surface area contributed by atoms with E-state index < -0.39 is 16.7 Å². The second-order valence-corrected chi connectivity index (χ2v) is 4.64. The summed E-state index contributed by atoms with van der Waals surface area (Å²) in [4.78, 5) is 21.2. The first-order valence-electron chi connectivity index (χ1n) is 4.94. The third-order valence-corrected chi connectivity index (χ3v) is 2.81. The molecule has 0 aliphatic heterocycles. The van der Waals surface area contributed by atoms with Crippen LogP contribution in [0.25, 0.3) is 0 Å². The first-order valence-corrected chi connectivity index (χ1v) is 5.47. The van der Waals surface area contributed by atoms with E-state index in [-0.39, 0.29) is 11.2 Å². The number of hydrogen-bond donors (Lipinski definition) is 1. The van der Waals surface area contributed by atoms with Crippen LogP contribution in [0.3, 0.4) is 0 Å². The molecule has 0 saturated carbocycles. The van der Waals surface area contributed by atoms with E-state index >= 15 is 0 Å². The van der Waals surface area contributed by atoms with E-state index in [4.69, 9.17) is 16.0 Å². The third-order valence-electron chi connectivity index (χ3n) is 2.08. The van der Waals surface area contributed by atoms with Gasteiger partial charge in [0.2, 0.25) is 0 Å². The van der Waals surface area contributed by atoms with Crippen molar-refractivity contribution < 1.29 is 14.1 Å². The van der Waals surface area contributed by atoms with E-state index in [1.54, 1.807) is 0 Å². The van der Waals surface area contributed by atoms with Crippen LogP contribution in [0.2, 0.25) is 0 Å². The van der Waals surface area contributed by atoms with Crippen molar-refractivity contribution in [2.45, 2.75) is 13.8 Å². The Kier molecular flexibility index (Phi) is 4.11. The maximum absolute atomic E-state index is 11.6. The van der Waals surface area contributed by atoms with E-state index in [9.17, 15) is 14.9 Å². The molecule has 6 nitrogen and oxygen atoms in total. The quantitative estimate of drug-likeness (QED) is 0.499. The topological polar surface area (TPSA) is 85.4 Å². The van der Waals surface area contributed by atoms with Gasteiger partial charge in [0, 0.05) is 12.4 Å². The lowest BCUT2D eigenvalue weighted by atomic mass is 9.96. The van der Waals surface area contributed by atoms with Gasteiger partial charge in [0.15, 0.2) is 5.76 Å². The van der Waals surface area contributed by atoms with E-state index in [2.05, 4.69) is 5.32 Å². The highest BCUT2D eigenvalue weighted by atomic mass is 35.5. The molecule has 0 aliphatic rings. The summed E-state index contributed by atoms with van der Waals surface area (Å²) in [5.74, 6) is -0.629. The highest BCUT2D eigenvalue weighted by molar-refractivity contribution is 6.18. The molecule has 1 aromatic heterocycles. The predicted octanol–water partition coefficient (Wildman–Crippen LogP) is 2.18. The first-order chi connectivity index (χ1) is 7.85. The smallest absolute Gasteiger partial charge is 0.395 e. The fourth-order valence-electron chi connectivity index (χ4n) is 1.00. The molecule has 0 aromatic carbocycles. The van der Waals surface area contributed by atoms with Crippen molar-refractivity contribution in [3.8, 4) is 0 Å². The molecular weight excluding hydrogens is 248 g/mol. The summed E-state index contributed by atoms with van der Waals surface area (Å²) in [7, 11) is 0. The number of rotatable bonds is 5. The number of halogens is 1. The van der Waals surface area contributed by atoms with Crippen molar-refractivity contribution in [3.63, 3.8) is 0 Å². The number of carbonyl (C=O) groups excluding carboxylic acids is 1. The van der Waals surface area contributed by atoms with Gasteiger partial charge < -0.3 is 9.73 Å². The van der Waals surface area contributed by atoms with Gasteiger partial charge in [-0.2, -0.15) is 0 Å². The average Bonchev–Trinajstić information content (AvgIpc) is 2.75. The van der Waals surface area contributed by atoms with Gasteiger partial charge in [-0.05, 0) is 11.5 Å². The van der Waals surface area contributed by atoms with Gasteiger partial charge in [-0.25, -0.2) is 0 Å². The van der Waals surface area contributed by atoms with Crippen molar-refractivity contribution in [2.75, 3.05) is 12.4 Å². The molecule has 0 saturated heterocycles. The van der Waals surface area contributed by atoms with Crippen molar-refractivity contribution in [1.29, 1.82) is 0 Å². The van der Waals surface area contributed by atoms with Gasteiger partial charge in [0.25, 0.3) is 5.91 Å². The molecule has 1 amide bonds. The Labute approximate surface area is 103 Å². The van der Waals surface area contributed by atoms with E-state index in [0.717, 1.165) is 6.07 Å². The Bertz CT molecular complexity index is 428. The second kappa shape index (κ2) is 5.18. The molecule has 1 aromatic rings. The summed E-state index contributed by atoms with van der Waals surface area (Å²) in [5.41, 5.74) is -0.240. The standard InChI is InChI=1S/C10H13ClN2O4/c1-10(2,5-11)6-12-9(14)7-3-4-8(17-7)13(15)16/h3-4H,5-6H2,1-2H3,(H,12,14). The monoisotopic (exact) mass is 260 g/mol. The molecule has 94 valence electrons. The lowest BCUT2D eigenvalue weighted by molar-refractivity contribution is -0.402. The van der Waals surface area contributed by atoms with Crippen LogP contribution in [0.15, 0.2) is 16.5 Å². The van der Waals surface area contributed by atoms with Gasteiger partial charge in [-0.15, -0.1) is 11.6 Å². The maximum Gasteiger partial charge on any atom is 0.433 e. The number of furan rings is 1. The maximum atomic E-state index is 11.6. The second-order valence-electron chi connectivity index (χ2n) is 4.38. The van der Waals surface area contributed by atoms with Gasteiger partial charge in [0.1, 0.15) is 4.92 Å².